The average molecular weight is 234 g/mol. The number of allylic oxidation sites excluding steroid dienone is 4. The molecule has 0 spiro atoms. The molecule has 0 amide bonds. The van der Waals surface area contributed by atoms with Crippen molar-refractivity contribution in [1.29, 1.82) is 0 Å². The van der Waals surface area contributed by atoms with E-state index in [4.69, 9.17) is 0 Å². The Morgan fingerprint density at radius 1 is 1.18 bits per heavy atom. The van der Waals surface area contributed by atoms with Gasteiger partial charge in [0.15, 0.2) is 0 Å². The van der Waals surface area contributed by atoms with Crippen molar-refractivity contribution in [1.82, 2.24) is 0 Å². The highest BCUT2D eigenvalue weighted by Gasteiger charge is 2.29. The van der Waals surface area contributed by atoms with Gasteiger partial charge in [0.2, 0.25) is 0 Å². The van der Waals surface area contributed by atoms with Gasteiger partial charge in [0.05, 0.1) is 11.8 Å². The van der Waals surface area contributed by atoms with Gasteiger partial charge in [-0.15, -0.1) is 0 Å². The summed E-state index contributed by atoms with van der Waals surface area (Å²) in [5.74, 6) is -1.21. The van der Waals surface area contributed by atoms with Crippen molar-refractivity contribution in [3.8, 4) is 0 Å². The molecular weight excluding hydrogens is 216 g/mol. The summed E-state index contributed by atoms with van der Waals surface area (Å²) in [6.45, 7) is 0. The van der Waals surface area contributed by atoms with E-state index in [0.717, 1.165) is 44.8 Å². The third-order valence-electron chi connectivity index (χ3n) is 3.59. The van der Waals surface area contributed by atoms with Crippen molar-refractivity contribution >= 4 is 5.97 Å². The molecule has 0 aromatic heterocycles. The highest BCUT2D eigenvalue weighted by molar-refractivity contribution is 5.88. The first-order valence-corrected chi connectivity index (χ1v) is 6.19. The van der Waals surface area contributed by atoms with Gasteiger partial charge in [-0.25, -0.2) is 4.79 Å². The summed E-state index contributed by atoms with van der Waals surface area (Å²) in [6, 6.07) is 0. The van der Waals surface area contributed by atoms with Crippen LogP contribution in [0.4, 0.5) is 0 Å². The summed E-state index contributed by atoms with van der Waals surface area (Å²) >= 11 is 0. The van der Waals surface area contributed by atoms with Crippen LogP contribution >= 0.6 is 0 Å². The first kappa shape index (κ1) is 12.0. The molecule has 0 bridgehead atoms. The Morgan fingerprint density at radius 3 is 2.00 bits per heavy atom. The summed E-state index contributed by atoms with van der Waals surface area (Å²) in [6.07, 6.45) is 11.2. The van der Waals surface area contributed by atoms with Crippen LogP contribution in [0.1, 0.15) is 38.5 Å². The third-order valence-corrected chi connectivity index (χ3v) is 3.59. The molecule has 0 aromatic carbocycles. The van der Waals surface area contributed by atoms with Crippen LogP contribution in [0.3, 0.4) is 0 Å². The summed E-state index contributed by atoms with van der Waals surface area (Å²) in [5.41, 5.74) is 2.45. The minimum Gasteiger partial charge on any atom is -0.515 e. The zero-order valence-electron chi connectivity index (χ0n) is 9.85. The SMILES string of the molecule is O=C(O)C(=CO)C(C1=CCCC1)C1=CCCC1. The molecule has 0 heterocycles. The maximum absolute atomic E-state index is 11.2. The average Bonchev–Trinajstić information content (AvgIpc) is 2.98. The number of hydrogen-bond acceptors (Lipinski definition) is 2. The van der Waals surface area contributed by atoms with Gasteiger partial charge in [0.25, 0.3) is 0 Å². The minimum absolute atomic E-state index is 0.117. The zero-order valence-corrected chi connectivity index (χ0v) is 9.85. The van der Waals surface area contributed by atoms with Crippen LogP contribution in [-0.2, 0) is 4.79 Å². The Hall–Kier alpha value is -1.51. The second-order valence-corrected chi connectivity index (χ2v) is 4.67. The molecule has 0 aromatic rings. The van der Waals surface area contributed by atoms with E-state index in [2.05, 4.69) is 12.2 Å². The molecule has 2 aliphatic rings. The molecule has 3 nitrogen and oxygen atoms in total. The Kier molecular flexibility index (Phi) is 3.67. The smallest absolute Gasteiger partial charge is 0.335 e. The number of carboxylic acid groups (broad SMARTS) is 1. The highest BCUT2D eigenvalue weighted by atomic mass is 16.4. The Balaban J connectivity index is 2.32. The number of carbonyl (C=O) groups is 1. The Bertz CT molecular complexity index is 378. The molecule has 0 unspecified atom stereocenters. The molecule has 0 fully saturated rings. The van der Waals surface area contributed by atoms with Gasteiger partial charge in [-0.05, 0) is 38.5 Å². The predicted octanol–water partition coefficient (Wildman–Crippen LogP) is 3.35. The highest BCUT2D eigenvalue weighted by Crippen LogP contribution is 2.39. The van der Waals surface area contributed by atoms with Crippen LogP contribution in [0.2, 0.25) is 0 Å². The second-order valence-electron chi connectivity index (χ2n) is 4.67. The van der Waals surface area contributed by atoms with Crippen molar-refractivity contribution in [3.63, 3.8) is 0 Å². The topological polar surface area (TPSA) is 57.5 Å². The maximum atomic E-state index is 11.2. The number of aliphatic carboxylic acids is 1. The zero-order chi connectivity index (χ0) is 12.3. The molecule has 17 heavy (non-hydrogen) atoms. The summed E-state index contributed by atoms with van der Waals surface area (Å²) < 4.78 is 0. The van der Waals surface area contributed by atoms with E-state index in [1.807, 2.05) is 0 Å². The predicted molar refractivity (Wildman–Crippen MR) is 65.7 cm³/mol. The van der Waals surface area contributed by atoms with Gasteiger partial charge in [0.1, 0.15) is 0 Å². The van der Waals surface area contributed by atoms with E-state index in [0.29, 0.717) is 0 Å². The lowest BCUT2D eigenvalue weighted by atomic mass is 9.84. The lowest BCUT2D eigenvalue weighted by molar-refractivity contribution is -0.133. The molecule has 0 atom stereocenters. The van der Waals surface area contributed by atoms with Gasteiger partial charge < -0.3 is 10.2 Å². The first-order valence-electron chi connectivity index (χ1n) is 6.19. The molecule has 92 valence electrons. The molecule has 0 saturated carbocycles. The van der Waals surface area contributed by atoms with Gasteiger partial charge in [-0.1, -0.05) is 23.3 Å². The van der Waals surface area contributed by atoms with Gasteiger partial charge in [-0.3, -0.25) is 0 Å². The normalized spacial score (nSPS) is 20.6. The van der Waals surface area contributed by atoms with Gasteiger partial charge in [0, 0.05) is 5.92 Å². The van der Waals surface area contributed by atoms with Crippen molar-refractivity contribution in [2.75, 3.05) is 0 Å². The lowest BCUT2D eigenvalue weighted by Crippen LogP contribution is -2.16. The second kappa shape index (κ2) is 5.21. The summed E-state index contributed by atoms with van der Waals surface area (Å²) in [4.78, 5) is 11.2. The minimum atomic E-state index is -1.02. The fourth-order valence-corrected chi connectivity index (χ4v) is 2.81. The quantitative estimate of drug-likeness (QED) is 0.445. The van der Waals surface area contributed by atoms with Crippen molar-refractivity contribution in [3.05, 3.63) is 35.1 Å². The first-order chi connectivity index (χ1) is 8.24. The van der Waals surface area contributed by atoms with E-state index < -0.39 is 5.97 Å². The van der Waals surface area contributed by atoms with E-state index in [1.54, 1.807) is 0 Å². The number of hydrogen-bond donors (Lipinski definition) is 2. The third kappa shape index (κ3) is 2.43. The van der Waals surface area contributed by atoms with E-state index in [1.165, 1.54) is 11.1 Å². The van der Waals surface area contributed by atoms with Crippen LogP contribution < -0.4 is 0 Å². The molecule has 2 rings (SSSR count). The van der Waals surface area contributed by atoms with E-state index in [-0.39, 0.29) is 11.5 Å². The number of aliphatic hydroxyl groups is 1. The van der Waals surface area contributed by atoms with Crippen LogP contribution in [0.25, 0.3) is 0 Å². The molecule has 2 aliphatic carbocycles. The summed E-state index contributed by atoms with van der Waals surface area (Å²) in [5, 5.41) is 18.4. The van der Waals surface area contributed by atoms with E-state index in [9.17, 15) is 15.0 Å². The number of rotatable bonds is 4. The lowest BCUT2D eigenvalue weighted by Gasteiger charge is -2.20. The van der Waals surface area contributed by atoms with Crippen molar-refractivity contribution in [2.45, 2.75) is 38.5 Å². The van der Waals surface area contributed by atoms with Crippen molar-refractivity contribution in [2.24, 2.45) is 5.92 Å². The fourth-order valence-electron chi connectivity index (χ4n) is 2.81. The van der Waals surface area contributed by atoms with E-state index >= 15 is 0 Å². The fraction of sp³-hybridized carbons (Fsp3) is 0.500. The van der Waals surface area contributed by atoms with Crippen LogP contribution in [-0.4, -0.2) is 16.2 Å². The molecular formula is C14H18O3. The molecule has 2 N–H and O–H groups in total. The summed E-state index contributed by atoms with van der Waals surface area (Å²) in [7, 11) is 0. The molecule has 0 saturated heterocycles. The Labute approximate surface area is 101 Å². The van der Waals surface area contributed by atoms with Crippen LogP contribution in [0.5, 0.6) is 0 Å². The largest absolute Gasteiger partial charge is 0.515 e. The van der Waals surface area contributed by atoms with Gasteiger partial charge >= 0.3 is 5.97 Å². The van der Waals surface area contributed by atoms with Gasteiger partial charge in [-0.2, -0.15) is 0 Å². The van der Waals surface area contributed by atoms with Crippen LogP contribution in [0, 0.1) is 5.92 Å². The monoisotopic (exact) mass is 234 g/mol. The maximum Gasteiger partial charge on any atom is 0.335 e. The number of carboxylic acids is 1. The Morgan fingerprint density at radius 2 is 1.71 bits per heavy atom. The standard InChI is InChI=1S/C14H18O3/c15-9-12(14(16)17)13(10-5-1-2-6-10)11-7-3-4-8-11/h5,7,9,13,15H,1-4,6,8H2,(H,16,17). The molecule has 0 aliphatic heterocycles. The molecule has 3 heteroatoms. The van der Waals surface area contributed by atoms with Crippen molar-refractivity contribution < 1.29 is 15.0 Å². The molecule has 0 radical (unpaired) electrons. The number of aliphatic hydroxyl groups excluding tert-OH is 1. The van der Waals surface area contributed by atoms with Crippen LogP contribution in [0.15, 0.2) is 35.1 Å².